The van der Waals surface area contributed by atoms with Crippen LogP contribution in [-0.4, -0.2) is 11.7 Å². The molecule has 0 heterocycles. The van der Waals surface area contributed by atoms with Gasteiger partial charge in [-0.3, -0.25) is 4.79 Å². The van der Waals surface area contributed by atoms with E-state index >= 15 is 0 Å². The van der Waals surface area contributed by atoms with E-state index in [0.29, 0.717) is 17.8 Å². The third kappa shape index (κ3) is 1.94. The molecule has 2 fully saturated rings. The molecule has 0 N–H and O–H groups in total. The van der Waals surface area contributed by atoms with E-state index in [9.17, 15) is 9.59 Å². The van der Waals surface area contributed by atoms with Crippen LogP contribution in [0.3, 0.4) is 0 Å². The second-order valence-corrected chi connectivity index (χ2v) is 8.20. The summed E-state index contributed by atoms with van der Waals surface area (Å²) < 4.78 is 0. The Bertz CT molecular complexity index is 703. The maximum atomic E-state index is 11.7. The first-order valence-electron chi connectivity index (χ1n) is 8.85. The molecule has 4 rings (SSSR count). The Morgan fingerprint density at radius 2 is 2.09 bits per heavy atom. The van der Waals surface area contributed by atoms with Gasteiger partial charge in [0.2, 0.25) is 0 Å². The number of carbonyl (C=O) groups excluding carboxylic acids is 2. The third-order valence-electron chi connectivity index (χ3n) is 7.29. The lowest BCUT2D eigenvalue weighted by Gasteiger charge is -2.52. The second-order valence-electron chi connectivity index (χ2n) is 8.20. The molecule has 2 nitrogen and oxygen atoms in total. The van der Waals surface area contributed by atoms with Gasteiger partial charge in [0, 0.05) is 11.5 Å². The summed E-state index contributed by atoms with van der Waals surface area (Å²) in [4.78, 5) is 22.6. The van der Waals surface area contributed by atoms with Crippen LogP contribution >= 0.6 is 0 Å². The number of hydrogen-bond acceptors (Lipinski definition) is 2. The summed E-state index contributed by atoms with van der Waals surface area (Å²) in [7, 11) is 0. The van der Waals surface area contributed by atoms with E-state index in [1.165, 1.54) is 17.6 Å². The van der Waals surface area contributed by atoms with Gasteiger partial charge in [-0.15, -0.1) is 0 Å². The quantitative estimate of drug-likeness (QED) is 0.537. The molecule has 0 aliphatic heterocycles. The molecule has 0 aromatic rings. The highest BCUT2D eigenvalue weighted by Crippen LogP contribution is 2.63. The predicted molar refractivity (Wildman–Crippen MR) is 90.3 cm³/mol. The SMILES string of the molecule is C[C@]12C=CC(=O)C=C1CC[C@@H]1C2=CC[C@]2(C)[C@H](C=C=O)CC[C@@H]12. The smallest absolute Gasteiger partial charge is 0.178 e. The first-order chi connectivity index (χ1) is 11.0. The molecule has 4 aliphatic carbocycles. The molecule has 5 atom stereocenters. The fraction of sp³-hybridized carbons (Fsp3) is 0.571. The monoisotopic (exact) mass is 308 g/mol. The average Bonchev–Trinajstić information content (AvgIpc) is 2.85. The Balaban J connectivity index is 1.76. The fourth-order valence-corrected chi connectivity index (χ4v) is 5.91. The highest BCUT2D eigenvalue weighted by molar-refractivity contribution is 6.01. The van der Waals surface area contributed by atoms with Gasteiger partial charge in [0.15, 0.2) is 5.78 Å². The fourth-order valence-electron chi connectivity index (χ4n) is 5.91. The predicted octanol–water partition coefficient (Wildman–Crippen LogP) is 4.22. The second kappa shape index (κ2) is 4.92. The summed E-state index contributed by atoms with van der Waals surface area (Å²) in [5.41, 5.74) is 2.96. The van der Waals surface area contributed by atoms with Gasteiger partial charge >= 0.3 is 0 Å². The van der Waals surface area contributed by atoms with Crippen LogP contribution in [0.1, 0.15) is 46.0 Å². The van der Waals surface area contributed by atoms with Gasteiger partial charge in [0.1, 0.15) is 5.94 Å². The minimum Gasteiger partial charge on any atom is -0.290 e. The zero-order chi connectivity index (χ0) is 16.2. The van der Waals surface area contributed by atoms with Crippen LogP contribution in [-0.2, 0) is 9.59 Å². The standard InChI is InChI=1S/C21H24O2/c1-20-11-8-19-17(18(20)6-4-14(20)9-12-22)5-3-15-13-16(23)7-10-21(15,19)2/h7-10,13-14,17-18H,3-6,11H2,1-2H3/t14-,17-,18-,20+,21-/m0/s1. The molecular weight excluding hydrogens is 284 g/mol. The van der Waals surface area contributed by atoms with Gasteiger partial charge in [-0.05, 0) is 74.3 Å². The lowest BCUT2D eigenvalue weighted by Crippen LogP contribution is -2.43. The molecule has 2 heteroatoms. The van der Waals surface area contributed by atoms with Crippen molar-refractivity contribution in [3.63, 3.8) is 0 Å². The summed E-state index contributed by atoms with van der Waals surface area (Å²) >= 11 is 0. The van der Waals surface area contributed by atoms with E-state index in [2.05, 4.69) is 26.0 Å². The summed E-state index contributed by atoms with van der Waals surface area (Å²) in [6.45, 7) is 4.64. The summed E-state index contributed by atoms with van der Waals surface area (Å²) in [6, 6.07) is 0. The van der Waals surface area contributed by atoms with Crippen LogP contribution in [0.25, 0.3) is 0 Å². The van der Waals surface area contributed by atoms with E-state index in [1.54, 1.807) is 12.2 Å². The highest BCUT2D eigenvalue weighted by Gasteiger charge is 2.54. The van der Waals surface area contributed by atoms with Crippen LogP contribution in [0.4, 0.5) is 0 Å². The van der Waals surface area contributed by atoms with E-state index in [4.69, 9.17) is 0 Å². The van der Waals surface area contributed by atoms with E-state index in [1.807, 2.05) is 12.0 Å². The number of carbonyl (C=O) groups is 1. The minimum atomic E-state index is -0.0588. The van der Waals surface area contributed by atoms with E-state index in [0.717, 1.165) is 25.7 Å². The number of hydrogen-bond donors (Lipinski definition) is 0. The summed E-state index contributed by atoms with van der Waals surface area (Å²) in [5.74, 6) is 3.80. The molecule has 0 bridgehead atoms. The lowest BCUT2D eigenvalue weighted by molar-refractivity contribution is -0.110. The largest absolute Gasteiger partial charge is 0.290 e. The van der Waals surface area contributed by atoms with Crippen molar-refractivity contribution in [1.29, 1.82) is 0 Å². The zero-order valence-electron chi connectivity index (χ0n) is 14.0. The molecule has 120 valence electrons. The van der Waals surface area contributed by atoms with Crippen molar-refractivity contribution in [2.45, 2.75) is 46.0 Å². The Kier molecular flexibility index (Phi) is 3.19. The van der Waals surface area contributed by atoms with Crippen LogP contribution in [0.15, 0.2) is 41.5 Å². The van der Waals surface area contributed by atoms with Crippen LogP contribution in [0.2, 0.25) is 0 Å². The molecule has 23 heavy (non-hydrogen) atoms. The Hall–Kier alpha value is -1.66. The molecule has 0 saturated heterocycles. The van der Waals surface area contributed by atoms with Crippen molar-refractivity contribution in [2.24, 2.45) is 28.6 Å². The molecule has 0 aromatic heterocycles. The topological polar surface area (TPSA) is 34.1 Å². The van der Waals surface area contributed by atoms with Gasteiger partial charge in [-0.2, -0.15) is 0 Å². The van der Waals surface area contributed by atoms with Crippen LogP contribution in [0, 0.1) is 28.6 Å². The third-order valence-corrected chi connectivity index (χ3v) is 7.29. The molecular formula is C21H24O2. The molecule has 0 radical (unpaired) electrons. The normalized spacial score (nSPS) is 44.4. The van der Waals surface area contributed by atoms with Crippen molar-refractivity contribution < 1.29 is 9.59 Å². The van der Waals surface area contributed by atoms with Crippen LogP contribution < -0.4 is 0 Å². The Morgan fingerprint density at radius 1 is 1.26 bits per heavy atom. The van der Waals surface area contributed by atoms with Gasteiger partial charge in [0.25, 0.3) is 0 Å². The van der Waals surface area contributed by atoms with Crippen molar-refractivity contribution >= 4 is 11.7 Å². The van der Waals surface area contributed by atoms with Crippen LogP contribution in [0.5, 0.6) is 0 Å². The van der Waals surface area contributed by atoms with Crippen molar-refractivity contribution in [3.05, 3.63) is 41.5 Å². The molecule has 0 unspecified atom stereocenters. The summed E-state index contributed by atoms with van der Waals surface area (Å²) in [6.07, 6.45) is 15.5. The molecule has 4 aliphatic rings. The first-order valence-corrected chi connectivity index (χ1v) is 8.85. The molecule has 0 spiro atoms. The number of fused-ring (bicyclic) bond motifs is 5. The zero-order valence-corrected chi connectivity index (χ0v) is 14.0. The Morgan fingerprint density at radius 3 is 2.87 bits per heavy atom. The van der Waals surface area contributed by atoms with E-state index < -0.39 is 0 Å². The lowest BCUT2D eigenvalue weighted by atomic mass is 9.52. The first kappa shape index (κ1) is 14.9. The van der Waals surface area contributed by atoms with Crippen molar-refractivity contribution in [3.8, 4) is 0 Å². The van der Waals surface area contributed by atoms with Crippen molar-refractivity contribution in [1.82, 2.24) is 0 Å². The number of rotatable bonds is 1. The Labute approximate surface area is 138 Å². The van der Waals surface area contributed by atoms with Gasteiger partial charge in [-0.25, -0.2) is 4.79 Å². The molecule has 2 saturated carbocycles. The molecule has 0 aromatic carbocycles. The van der Waals surface area contributed by atoms with Gasteiger partial charge < -0.3 is 0 Å². The molecule has 0 amide bonds. The highest BCUT2D eigenvalue weighted by atomic mass is 16.1. The van der Waals surface area contributed by atoms with Crippen molar-refractivity contribution in [2.75, 3.05) is 0 Å². The maximum absolute atomic E-state index is 11.7. The van der Waals surface area contributed by atoms with Gasteiger partial charge in [0.05, 0.1) is 0 Å². The number of allylic oxidation sites excluding steroid dienone is 7. The number of ketones is 1. The average molecular weight is 308 g/mol. The van der Waals surface area contributed by atoms with E-state index in [-0.39, 0.29) is 16.6 Å². The minimum absolute atomic E-state index is 0.0588. The van der Waals surface area contributed by atoms with Gasteiger partial charge in [-0.1, -0.05) is 30.2 Å². The maximum Gasteiger partial charge on any atom is 0.178 e. The summed E-state index contributed by atoms with van der Waals surface area (Å²) in [5, 5.41) is 0.